The van der Waals surface area contributed by atoms with Crippen molar-refractivity contribution in [1.29, 1.82) is 0 Å². The van der Waals surface area contributed by atoms with E-state index >= 15 is 0 Å². The molecule has 164 valence electrons. The Morgan fingerprint density at radius 3 is 2.53 bits per heavy atom. The van der Waals surface area contributed by atoms with Crippen molar-refractivity contribution in [3.8, 4) is 0 Å². The number of thioether (sulfide) groups is 1. The van der Waals surface area contributed by atoms with Gasteiger partial charge in [0, 0.05) is 11.1 Å². The minimum atomic E-state index is -1.02. The second-order valence-electron chi connectivity index (χ2n) is 7.44. The number of rotatable bonds is 7. The number of amides is 4. The number of carbonyl (C=O) groups is 3. The first-order valence-electron chi connectivity index (χ1n) is 10.1. The second kappa shape index (κ2) is 8.83. The normalized spacial score (nSPS) is 18.0. The van der Waals surface area contributed by atoms with E-state index in [4.69, 9.17) is 0 Å². The van der Waals surface area contributed by atoms with Crippen molar-refractivity contribution >= 4 is 52.0 Å². The molecule has 3 N–H and O–H groups in total. The molecule has 2 aromatic carbocycles. The third-order valence-electron chi connectivity index (χ3n) is 5.16. The second-order valence-corrected chi connectivity index (χ2v) is 8.39. The molecular formula is C22H22N6O3S. The number of hydrazine groups is 1. The van der Waals surface area contributed by atoms with E-state index in [1.807, 2.05) is 54.6 Å². The number of urea groups is 1. The molecule has 1 aliphatic rings. The molecule has 9 nitrogen and oxygen atoms in total. The first kappa shape index (κ1) is 21.6. The summed E-state index contributed by atoms with van der Waals surface area (Å²) >= 11 is 1.12. The Morgan fingerprint density at radius 2 is 1.81 bits per heavy atom. The molecule has 0 saturated carbocycles. The number of hydrogen-bond donors (Lipinski definition) is 3. The first-order chi connectivity index (χ1) is 15.4. The lowest BCUT2D eigenvalue weighted by Crippen LogP contribution is -2.49. The monoisotopic (exact) mass is 450 g/mol. The minimum absolute atomic E-state index is 0.0665. The van der Waals surface area contributed by atoms with Crippen LogP contribution in [0.3, 0.4) is 0 Å². The minimum Gasteiger partial charge on any atom is -0.340 e. The highest BCUT2D eigenvalue weighted by atomic mass is 32.2. The van der Waals surface area contributed by atoms with Gasteiger partial charge in [-0.2, -0.15) is 5.01 Å². The Hall–Kier alpha value is -3.66. The Balaban J connectivity index is 1.48. The molecule has 4 rings (SSSR count). The molecule has 10 heteroatoms. The number of nitrogens with one attached hydrogen (secondary N) is 3. The largest absolute Gasteiger partial charge is 0.344 e. The smallest absolute Gasteiger partial charge is 0.340 e. The number of aromatic nitrogens is 2. The van der Waals surface area contributed by atoms with Crippen LogP contribution < -0.4 is 16.1 Å². The predicted octanol–water partition coefficient (Wildman–Crippen LogP) is 3.22. The van der Waals surface area contributed by atoms with Crippen molar-refractivity contribution < 1.29 is 14.4 Å². The molecule has 0 aliphatic carbocycles. The number of hydrogen-bond acceptors (Lipinski definition) is 7. The Bertz CT molecular complexity index is 1190. The summed E-state index contributed by atoms with van der Waals surface area (Å²) in [5.41, 5.74) is 2.96. The van der Waals surface area contributed by atoms with Crippen molar-refractivity contribution in [3.63, 3.8) is 0 Å². The first-order valence-corrected chi connectivity index (χ1v) is 11.1. The van der Waals surface area contributed by atoms with E-state index in [1.165, 1.54) is 0 Å². The van der Waals surface area contributed by atoms with Crippen molar-refractivity contribution in [1.82, 2.24) is 25.7 Å². The van der Waals surface area contributed by atoms with Gasteiger partial charge < -0.3 is 10.6 Å². The third kappa shape index (κ3) is 4.35. The Labute approximate surface area is 189 Å². The van der Waals surface area contributed by atoms with Gasteiger partial charge in [0.15, 0.2) is 5.16 Å². The van der Waals surface area contributed by atoms with Gasteiger partial charge in [-0.25, -0.2) is 14.8 Å². The maximum absolute atomic E-state index is 12.4. The average molecular weight is 451 g/mol. The molecule has 2 heterocycles. The Morgan fingerprint density at radius 1 is 1.09 bits per heavy atom. The van der Waals surface area contributed by atoms with E-state index in [0.29, 0.717) is 17.4 Å². The lowest BCUT2D eigenvalue weighted by atomic mass is 10.00. The zero-order chi connectivity index (χ0) is 22.7. The summed E-state index contributed by atoms with van der Waals surface area (Å²) in [5, 5.41) is 7.86. The van der Waals surface area contributed by atoms with Gasteiger partial charge >= 0.3 is 6.03 Å². The molecule has 3 aromatic rings. The molecule has 0 bridgehead atoms. The number of anilines is 2. The maximum Gasteiger partial charge on any atom is 0.344 e. The van der Waals surface area contributed by atoms with Crippen LogP contribution in [0, 0.1) is 0 Å². The summed E-state index contributed by atoms with van der Waals surface area (Å²) in [5.74, 6) is -0.436. The number of fused-ring (bicyclic) bond motifs is 1. The highest BCUT2D eigenvalue weighted by Gasteiger charge is 2.47. The molecule has 0 radical (unpaired) electrons. The molecule has 1 fully saturated rings. The molecular weight excluding hydrogens is 428 g/mol. The molecule has 0 unspecified atom stereocenters. The van der Waals surface area contributed by atoms with Gasteiger partial charge in [-0.15, -0.1) is 0 Å². The standard InChI is InChI=1S/C22H22N6O3S/c1-3-22(2)19(30)28(21(31)26-22)27-17(29)13-32-20-24-16-12-8-7-11-15(16)18(25-20)23-14-9-5-4-6-10-14/h4-12H,3,13H2,1-2H3,(H,26,31)(H,27,29)(H,23,24,25)/t22-/m1/s1. The number of nitrogens with zero attached hydrogens (tertiary/aromatic N) is 3. The SMILES string of the molecule is CC[C@@]1(C)NC(=O)N(NC(=O)CSc2nc(Nc3ccccc3)c3ccccc3n2)C1=O. The summed E-state index contributed by atoms with van der Waals surface area (Å²) < 4.78 is 0. The summed E-state index contributed by atoms with van der Waals surface area (Å²) in [6.07, 6.45) is 0.417. The van der Waals surface area contributed by atoms with Crippen LogP contribution in [0.15, 0.2) is 59.8 Å². The van der Waals surface area contributed by atoms with Crippen LogP contribution in [-0.2, 0) is 9.59 Å². The highest BCUT2D eigenvalue weighted by Crippen LogP contribution is 2.27. The third-order valence-corrected chi connectivity index (χ3v) is 6.00. The maximum atomic E-state index is 12.4. The summed E-state index contributed by atoms with van der Waals surface area (Å²) in [6, 6.07) is 16.6. The fourth-order valence-electron chi connectivity index (χ4n) is 3.19. The average Bonchev–Trinajstić information content (AvgIpc) is 3.02. The van der Waals surface area contributed by atoms with Crippen LogP contribution in [0.5, 0.6) is 0 Å². The lowest BCUT2D eigenvalue weighted by Gasteiger charge is -2.19. The van der Waals surface area contributed by atoms with Crippen molar-refractivity contribution in [2.75, 3.05) is 11.1 Å². The van der Waals surface area contributed by atoms with E-state index in [1.54, 1.807) is 13.8 Å². The lowest BCUT2D eigenvalue weighted by molar-refractivity contribution is -0.137. The van der Waals surface area contributed by atoms with Gasteiger partial charge in [-0.1, -0.05) is 49.0 Å². The van der Waals surface area contributed by atoms with Gasteiger partial charge in [-0.3, -0.25) is 15.0 Å². The molecule has 1 aromatic heterocycles. The van der Waals surface area contributed by atoms with E-state index in [0.717, 1.165) is 33.4 Å². The number of benzene rings is 2. The van der Waals surface area contributed by atoms with Gasteiger partial charge in [-0.05, 0) is 37.6 Å². The van der Waals surface area contributed by atoms with Crippen LogP contribution in [0.2, 0.25) is 0 Å². The quantitative estimate of drug-likeness (QED) is 0.287. The van der Waals surface area contributed by atoms with Crippen LogP contribution in [0.4, 0.5) is 16.3 Å². The van der Waals surface area contributed by atoms with E-state index in [2.05, 4.69) is 26.0 Å². The molecule has 0 spiro atoms. The van der Waals surface area contributed by atoms with Crippen LogP contribution >= 0.6 is 11.8 Å². The molecule has 32 heavy (non-hydrogen) atoms. The van der Waals surface area contributed by atoms with E-state index in [9.17, 15) is 14.4 Å². The molecule has 1 aliphatic heterocycles. The van der Waals surface area contributed by atoms with Crippen molar-refractivity contribution in [3.05, 3.63) is 54.6 Å². The summed E-state index contributed by atoms with van der Waals surface area (Å²) in [6.45, 7) is 3.41. The fourth-order valence-corrected chi connectivity index (χ4v) is 3.83. The zero-order valence-corrected chi connectivity index (χ0v) is 18.4. The van der Waals surface area contributed by atoms with Crippen LogP contribution in [-0.4, -0.2) is 44.1 Å². The summed E-state index contributed by atoms with van der Waals surface area (Å²) in [4.78, 5) is 46.0. The number of para-hydroxylation sites is 2. The number of imide groups is 1. The topological polar surface area (TPSA) is 116 Å². The zero-order valence-electron chi connectivity index (χ0n) is 17.6. The van der Waals surface area contributed by atoms with E-state index < -0.39 is 23.4 Å². The van der Waals surface area contributed by atoms with Gasteiger partial charge in [0.05, 0.1) is 11.3 Å². The van der Waals surface area contributed by atoms with Crippen molar-refractivity contribution in [2.24, 2.45) is 0 Å². The predicted molar refractivity (Wildman–Crippen MR) is 122 cm³/mol. The highest BCUT2D eigenvalue weighted by molar-refractivity contribution is 7.99. The van der Waals surface area contributed by atoms with E-state index in [-0.39, 0.29) is 5.75 Å². The molecule has 4 amide bonds. The van der Waals surface area contributed by atoms with Gasteiger partial charge in [0.2, 0.25) is 5.91 Å². The summed E-state index contributed by atoms with van der Waals surface area (Å²) in [7, 11) is 0. The Kier molecular flexibility index (Phi) is 5.95. The number of carbonyl (C=O) groups excluding carboxylic acids is 3. The van der Waals surface area contributed by atoms with Crippen LogP contribution in [0.1, 0.15) is 20.3 Å². The van der Waals surface area contributed by atoms with Gasteiger partial charge in [0.1, 0.15) is 11.4 Å². The fraction of sp³-hybridized carbons (Fsp3) is 0.227. The van der Waals surface area contributed by atoms with Gasteiger partial charge in [0.25, 0.3) is 5.91 Å². The molecule has 1 atom stereocenters. The van der Waals surface area contributed by atoms with Crippen molar-refractivity contribution in [2.45, 2.75) is 31.0 Å². The van der Waals surface area contributed by atoms with Crippen LogP contribution in [0.25, 0.3) is 10.9 Å². The molecule has 1 saturated heterocycles.